The van der Waals surface area contributed by atoms with Crippen LogP contribution in [0.5, 0.6) is 0 Å². The van der Waals surface area contributed by atoms with Crippen molar-refractivity contribution in [3.63, 3.8) is 0 Å². The number of nitrogens with one attached hydrogen (secondary N) is 1. The van der Waals surface area contributed by atoms with E-state index in [1.807, 2.05) is 0 Å². The molecule has 4 aliphatic carbocycles. The molecule has 0 radical (unpaired) electrons. The zero-order valence-electron chi connectivity index (χ0n) is 26.2. The number of amides is 1. The second kappa shape index (κ2) is 12.8. The Labute approximate surface area is 240 Å². The average molecular weight is 541 g/mol. The maximum Gasteiger partial charge on any atom is 0.223 e. The second-order valence-corrected chi connectivity index (χ2v) is 15.0. The van der Waals surface area contributed by atoms with E-state index in [0.717, 1.165) is 61.8 Å². The molecule has 222 valence electrons. The third kappa shape index (κ3) is 6.37. The van der Waals surface area contributed by atoms with E-state index in [-0.39, 0.29) is 17.9 Å². The van der Waals surface area contributed by atoms with Crippen molar-refractivity contribution in [1.29, 1.82) is 0 Å². The number of fused-ring (bicyclic) bond motifs is 5. The molecule has 4 rings (SSSR count). The topological polar surface area (TPSA) is 52.6 Å². The average Bonchev–Trinajstić information content (AvgIpc) is 3.25. The van der Waals surface area contributed by atoms with Crippen LogP contribution in [0.3, 0.4) is 0 Å². The molecule has 0 aromatic carbocycles. The van der Waals surface area contributed by atoms with E-state index in [1.165, 1.54) is 51.4 Å². The van der Waals surface area contributed by atoms with Crippen molar-refractivity contribution in [2.45, 2.75) is 111 Å². The maximum absolute atomic E-state index is 12.9. The van der Waals surface area contributed by atoms with Crippen LogP contribution in [0.1, 0.15) is 105 Å². The number of rotatable bonds is 12. The molecule has 4 aliphatic rings. The largest absolute Gasteiger partial charge is 0.393 e. The van der Waals surface area contributed by atoms with Gasteiger partial charge in [-0.15, -0.1) is 6.58 Å². The SMILES string of the molecule is C=CCNC(=O)C(CCN(C)C)C(C)CCCC(C)[C@H]1CC[C@H]2[C@@H]3CC=C4C[C@@H](O)CC[C@]4(C)[C@H]3CC[C@]12C. The van der Waals surface area contributed by atoms with Gasteiger partial charge in [-0.05, 0) is 131 Å². The van der Waals surface area contributed by atoms with Gasteiger partial charge in [0.2, 0.25) is 5.91 Å². The van der Waals surface area contributed by atoms with Crippen LogP contribution < -0.4 is 5.32 Å². The minimum atomic E-state index is -0.112. The summed E-state index contributed by atoms with van der Waals surface area (Å²) in [6, 6.07) is 0. The first-order valence-corrected chi connectivity index (χ1v) is 16.4. The van der Waals surface area contributed by atoms with Crippen LogP contribution >= 0.6 is 0 Å². The Morgan fingerprint density at radius 3 is 2.62 bits per heavy atom. The zero-order valence-corrected chi connectivity index (χ0v) is 26.2. The normalized spacial score (nSPS) is 38.2. The smallest absolute Gasteiger partial charge is 0.223 e. The van der Waals surface area contributed by atoms with Crippen molar-refractivity contribution in [3.05, 3.63) is 24.3 Å². The number of allylic oxidation sites excluding steroid dienone is 1. The summed E-state index contributed by atoms with van der Waals surface area (Å²) in [6.45, 7) is 15.3. The molecule has 10 atom stereocenters. The number of carbonyl (C=O) groups is 1. The molecule has 3 fully saturated rings. The van der Waals surface area contributed by atoms with Crippen LogP contribution in [0.15, 0.2) is 24.3 Å². The Kier molecular flexibility index (Phi) is 10.1. The Balaban J connectivity index is 1.34. The summed E-state index contributed by atoms with van der Waals surface area (Å²) >= 11 is 0. The molecule has 0 aromatic heterocycles. The molecular weight excluding hydrogens is 480 g/mol. The van der Waals surface area contributed by atoms with Crippen LogP contribution in [0, 0.1) is 52.3 Å². The van der Waals surface area contributed by atoms with Gasteiger partial charge in [0.1, 0.15) is 0 Å². The zero-order chi connectivity index (χ0) is 28.4. The lowest BCUT2D eigenvalue weighted by Gasteiger charge is -2.58. The fourth-order valence-electron chi connectivity index (χ4n) is 10.2. The minimum absolute atomic E-state index is 0.0813. The van der Waals surface area contributed by atoms with E-state index < -0.39 is 0 Å². The van der Waals surface area contributed by atoms with Crippen LogP contribution in [0.25, 0.3) is 0 Å². The van der Waals surface area contributed by atoms with Gasteiger partial charge < -0.3 is 15.3 Å². The predicted octanol–water partition coefficient (Wildman–Crippen LogP) is 7.24. The van der Waals surface area contributed by atoms with E-state index >= 15 is 0 Å². The molecule has 3 saturated carbocycles. The van der Waals surface area contributed by atoms with E-state index in [4.69, 9.17) is 0 Å². The lowest BCUT2D eigenvalue weighted by molar-refractivity contribution is -0.126. The van der Waals surface area contributed by atoms with E-state index in [1.54, 1.807) is 11.6 Å². The van der Waals surface area contributed by atoms with Crippen molar-refractivity contribution in [3.8, 4) is 0 Å². The Bertz CT molecular complexity index is 882. The number of carbonyl (C=O) groups excluding carboxylic acids is 1. The molecule has 4 heteroatoms. The lowest BCUT2D eigenvalue weighted by Crippen LogP contribution is -2.50. The summed E-state index contributed by atoms with van der Waals surface area (Å²) in [5, 5.41) is 13.4. The lowest BCUT2D eigenvalue weighted by atomic mass is 9.47. The van der Waals surface area contributed by atoms with E-state index in [0.29, 0.717) is 23.3 Å². The number of hydrogen-bond acceptors (Lipinski definition) is 3. The monoisotopic (exact) mass is 540 g/mol. The standard InChI is InChI=1S/C35H60N2O2/c1-8-21-36-33(39)28(18-22-37(6)7)24(2)10-9-11-25(3)30-14-15-31-29-13-12-26-23-27(38)16-19-34(26,4)32(29)17-20-35(30,31)5/h8,12,24-25,27-32,38H,1,9-11,13-23H2,2-7H3,(H,36,39)/t24?,25?,27-,28?,29-,30+,31-,32-,34-,35+/m0/s1. The fraction of sp³-hybridized carbons (Fsp3) is 0.857. The predicted molar refractivity (Wildman–Crippen MR) is 163 cm³/mol. The molecule has 39 heavy (non-hydrogen) atoms. The highest BCUT2D eigenvalue weighted by molar-refractivity contribution is 5.79. The first-order chi connectivity index (χ1) is 18.5. The van der Waals surface area contributed by atoms with Crippen molar-refractivity contribution in [1.82, 2.24) is 10.2 Å². The van der Waals surface area contributed by atoms with Gasteiger partial charge in [0.25, 0.3) is 0 Å². The summed E-state index contributed by atoms with van der Waals surface area (Å²) in [5.74, 6) is 4.82. The summed E-state index contributed by atoms with van der Waals surface area (Å²) in [4.78, 5) is 15.1. The molecule has 1 amide bonds. The number of hydrogen-bond donors (Lipinski definition) is 2. The van der Waals surface area contributed by atoms with Crippen molar-refractivity contribution in [2.75, 3.05) is 27.2 Å². The number of aliphatic hydroxyl groups is 1. The minimum Gasteiger partial charge on any atom is -0.393 e. The molecule has 0 bridgehead atoms. The van der Waals surface area contributed by atoms with Gasteiger partial charge in [0.15, 0.2) is 0 Å². The highest BCUT2D eigenvalue weighted by atomic mass is 16.3. The molecule has 0 saturated heterocycles. The first kappa shape index (κ1) is 30.8. The van der Waals surface area contributed by atoms with Gasteiger partial charge in [0, 0.05) is 12.5 Å². The number of aliphatic hydroxyl groups excluding tert-OH is 1. The van der Waals surface area contributed by atoms with Gasteiger partial charge >= 0.3 is 0 Å². The van der Waals surface area contributed by atoms with E-state index in [9.17, 15) is 9.90 Å². The van der Waals surface area contributed by atoms with Crippen molar-refractivity contribution in [2.24, 2.45) is 52.3 Å². The maximum atomic E-state index is 12.9. The molecule has 0 aromatic rings. The third-order valence-corrected chi connectivity index (χ3v) is 12.5. The van der Waals surface area contributed by atoms with Crippen molar-refractivity contribution < 1.29 is 9.90 Å². The van der Waals surface area contributed by atoms with Crippen LogP contribution in [-0.4, -0.2) is 49.2 Å². The summed E-state index contributed by atoms with van der Waals surface area (Å²) < 4.78 is 0. The quantitative estimate of drug-likeness (QED) is 0.257. The fourth-order valence-corrected chi connectivity index (χ4v) is 10.2. The second-order valence-electron chi connectivity index (χ2n) is 15.0. The highest BCUT2D eigenvalue weighted by Gasteiger charge is 2.59. The van der Waals surface area contributed by atoms with E-state index in [2.05, 4.69) is 64.7 Å². The third-order valence-electron chi connectivity index (χ3n) is 12.5. The summed E-state index contributed by atoms with van der Waals surface area (Å²) in [6.07, 6.45) is 18.8. The van der Waals surface area contributed by atoms with Crippen LogP contribution in [0.4, 0.5) is 0 Å². The Morgan fingerprint density at radius 2 is 1.90 bits per heavy atom. The summed E-state index contributed by atoms with van der Waals surface area (Å²) in [5.41, 5.74) is 2.41. The Morgan fingerprint density at radius 1 is 1.13 bits per heavy atom. The molecule has 0 spiro atoms. The van der Waals surface area contributed by atoms with Gasteiger partial charge in [-0.3, -0.25) is 4.79 Å². The molecular formula is C35H60N2O2. The van der Waals surface area contributed by atoms with Gasteiger partial charge in [-0.25, -0.2) is 0 Å². The molecule has 0 heterocycles. The van der Waals surface area contributed by atoms with Gasteiger partial charge in [0.05, 0.1) is 6.10 Å². The molecule has 2 N–H and O–H groups in total. The summed E-state index contributed by atoms with van der Waals surface area (Å²) in [7, 11) is 4.19. The van der Waals surface area contributed by atoms with Gasteiger partial charge in [-0.1, -0.05) is 58.3 Å². The molecule has 0 aliphatic heterocycles. The van der Waals surface area contributed by atoms with Crippen molar-refractivity contribution >= 4 is 5.91 Å². The van der Waals surface area contributed by atoms with Crippen LogP contribution in [0.2, 0.25) is 0 Å². The van der Waals surface area contributed by atoms with Gasteiger partial charge in [-0.2, -0.15) is 0 Å². The molecule has 4 nitrogen and oxygen atoms in total. The Hall–Kier alpha value is -1.13. The highest BCUT2D eigenvalue weighted by Crippen LogP contribution is 2.67. The number of nitrogens with zero attached hydrogens (tertiary/aromatic N) is 1. The first-order valence-electron chi connectivity index (χ1n) is 16.4. The van der Waals surface area contributed by atoms with Crippen LogP contribution in [-0.2, 0) is 4.79 Å². The molecule has 3 unspecified atom stereocenters.